The Labute approximate surface area is 126 Å². The molecule has 2 aromatic rings. The van der Waals surface area contributed by atoms with Crippen molar-refractivity contribution in [3.8, 4) is 23.3 Å². The maximum absolute atomic E-state index is 9.15. The zero-order valence-electron chi connectivity index (χ0n) is 11.3. The van der Waals surface area contributed by atoms with Crippen LogP contribution in [0.25, 0.3) is 0 Å². The maximum Gasteiger partial charge on any atom is 0.169 e. The molecule has 2 rings (SSSR count). The van der Waals surface area contributed by atoms with Crippen LogP contribution in [0.5, 0.6) is 17.2 Å². The SMILES string of the molecule is CCc1ccc(Oc2ccc(Br)cc2C#N)c(OC)c1. The van der Waals surface area contributed by atoms with Gasteiger partial charge < -0.3 is 9.47 Å². The highest BCUT2D eigenvalue weighted by molar-refractivity contribution is 9.10. The summed E-state index contributed by atoms with van der Waals surface area (Å²) in [4.78, 5) is 0. The van der Waals surface area contributed by atoms with E-state index in [2.05, 4.69) is 28.9 Å². The number of nitrogens with zero attached hydrogens (tertiary/aromatic N) is 1. The molecular formula is C16H14BrNO2. The molecule has 0 aliphatic heterocycles. The molecule has 0 aromatic heterocycles. The molecule has 0 saturated heterocycles. The first-order chi connectivity index (χ1) is 9.67. The monoisotopic (exact) mass is 331 g/mol. The van der Waals surface area contributed by atoms with Crippen LogP contribution in [-0.4, -0.2) is 7.11 Å². The van der Waals surface area contributed by atoms with Crippen molar-refractivity contribution in [2.24, 2.45) is 0 Å². The van der Waals surface area contributed by atoms with E-state index in [0.717, 1.165) is 10.9 Å². The number of benzene rings is 2. The number of halogens is 1. The highest BCUT2D eigenvalue weighted by Crippen LogP contribution is 2.34. The molecule has 0 bridgehead atoms. The molecule has 0 aliphatic rings. The largest absolute Gasteiger partial charge is 0.493 e. The molecule has 0 saturated carbocycles. The van der Waals surface area contributed by atoms with E-state index in [4.69, 9.17) is 14.7 Å². The van der Waals surface area contributed by atoms with E-state index in [1.54, 1.807) is 19.2 Å². The molecule has 0 amide bonds. The molecule has 0 fully saturated rings. The van der Waals surface area contributed by atoms with Crippen molar-refractivity contribution in [3.63, 3.8) is 0 Å². The van der Waals surface area contributed by atoms with Gasteiger partial charge in [-0.3, -0.25) is 0 Å². The fourth-order valence-corrected chi connectivity index (χ4v) is 2.17. The molecule has 20 heavy (non-hydrogen) atoms. The minimum Gasteiger partial charge on any atom is -0.493 e. The van der Waals surface area contributed by atoms with Crippen molar-refractivity contribution in [1.82, 2.24) is 0 Å². The Bertz CT molecular complexity index is 662. The van der Waals surface area contributed by atoms with E-state index in [-0.39, 0.29) is 0 Å². The van der Waals surface area contributed by atoms with Gasteiger partial charge in [-0.05, 0) is 42.3 Å². The standard InChI is InChI=1S/C16H14BrNO2/c1-3-11-4-6-15(16(8-11)19-2)20-14-7-5-13(17)9-12(14)10-18/h4-9H,3H2,1-2H3. The molecule has 0 atom stereocenters. The molecule has 4 heteroatoms. The summed E-state index contributed by atoms with van der Waals surface area (Å²) in [5.74, 6) is 1.78. The quantitative estimate of drug-likeness (QED) is 0.816. The summed E-state index contributed by atoms with van der Waals surface area (Å²) in [6.45, 7) is 2.08. The van der Waals surface area contributed by atoms with Crippen LogP contribution in [0.1, 0.15) is 18.1 Å². The zero-order chi connectivity index (χ0) is 14.5. The lowest BCUT2D eigenvalue weighted by atomic mass is 10.1. The number of nitriles is 1. The Balaban J connectivity index is 2.37. The van der Waals surface area contributed by atoms with Gasteiger partial charge >= 0.3 is 0 Å². The third-order valence-corrected chi connectivity index (χ3v) is 3.41. The van der Waals surface area contributed by atoms with Crippen LogP contribution in [0.15, 0.2) is 40.9 Å². The summed E-state index contributed by atoms with van der Waals surface area (Å²) in [6, 6.07) is 13.2. The Morgan fingerprint density at radius 1 is 1.10 bits per heavy atom. The number of rotatable bonds is 4. The zero-order valence-corrected chi connectivity index (χ0v) is 12.9. The van der Waals surface area contributed by atoms with E-state index < -0.39 is 0 Å². The molecule has 0 heterocycles. The van der Waals surface area contributed by atoms with E-state index in [9.17, 15) is 0 Å². The first-order valence-electron chi connectivity index (χ1n) is 6.22. The fourth-order valence-electron chi connectivity index (χ4n) is 1.81. The van der Waals surface area contributed by atoms with Crippen molar-refractivity contribution < 1.29 is 9.47 Å². The first-order valence-corrected chi connectivity index (χ1v) is 7.01. The predicted octanol–water partition coefficient (Wildman–Crippen LogP) is 4.68. The van der Waals surface area contributed by atoms with E-state index in [1.807, 2.05) is 24.3 Å². The molecule has 0 N–H and O–H groups in total. The van der Waals surface area contributed by atoms with Crippen LogP contribution in [0.3, 0.4) is 0 Å². The summed E-state index contributed by atoms with van der Waals surface area (Å²) in [5, 5.41) is 9.15. The highest BCUT2D eigenvalue weighted by atomic mass is 79.9. The predicted molar refractivity (Wildman–Crippen MR) is 81.3 cm³/mol. The summed E-state index contributed by atoms with van der Waals surface area (Å²) in [5.41, 5.74) is 1.64. The van der Waals surface area contributed by atoms with Gasteiger partial charge in [0.05, 0.1) is 12.7 Å². The van der Waals surface area contributed by atoms with Crippen molar-refractivity contribution in [3.05, 3.63) is 52.0 Å². The average Bonchev–Trinajstić information content (AvgIpc) is 2.49. The van der Waals surface area contributed by atoms with Gasteiger partial charge in [-0.25, -0.2) is 0 Å². The molecular weight excluding hydrogens is 318 g/mol. The van der Waals surface area contributed by atoms with Crippen molar-refractivity contribution in [2.75, 3.05) is 7.11 Å². The Morgan fingerprint density at radius 3 is 2.50 bits per heavy atom. The Hall–Kier alpha value is -1.99. The van der Waals surface area contributed by atoms with Crippen LogP contribution < -0.4 is 9.47 Å². The molecule has 2 aromatic carbocycles. The smallest absolute Gasteiger partial charge is 0.169 e. The van der Waals surface area contributed by atoms with Crippen LogP contribution in [0.4, 0.5) is 0 Å². The average molecular weight is 332 g/mol. The first kappa shape index (κ1) is 14.4. The number of ether oxygens (including phenoxy) is 2. The van der Waals surface area contributed by atoms with Crippen LogP contribution in [0, 0.1) is 11.3 Å². The summed E-state index contributed by atoms with van der Waals surface area (Å²) < 4.78 is 12.0. The highest BCUT2D eigenvalue weighted by Gasteiger charge is 2.10. The Kier molecular flexibility index (Phi) is 4.65. The molecule has 0 radical (unpaired) electrons. The van der Waals surface area contributed by atoms with E-state index in [1.165, 1.54) is 5.56 Å². The van der Waals surface area contributed by atoms with Crippen molar-refractivity contribution in [1.29, 1.82) is 5.26 Å². The van der Waals surface area contributed by atoms with Crippen LogP contribution in [-0.2, 0) is 6.42 Å². The summed E-state index contributed by atoms with van der Waals surface area (Å²) in [7, 11) is 1.61. The third-order valence-electron chi connectivity index (χ3n) is 2.92. The van der Waals surface area contributed by atoms with Gasteiger partial charge in [-0.1, -0.05) is 28.9 Å². The second-order valence-corrected chi connectivity index (χ2v) is 5.11. The number of methoxy groups -OCH3 is 1. The lowest BCUT2D eigenvalue weighted by molar-refractivity contribution is 0.378. The lowest BCUT2D eigenvalue weighted by Crippen LogP contribution is -1.93. The number of hydrogen-bond acceptors (Lipinski definition) is 3. The molecule has 0 unspecified atom stereocenters. The number of hydrogen-bond donors (Lipinski definition) is 0. The van der Waals surface area contributed by atoms with Crippen molar-refractivity contribution in [2.45, 2.75) is 13.3 Å². The molecule has 102 valence electrons. The van der Waals surface area contributed by atoms with Gasteiger partial charge in [0.25, 0.3) is 0 Å². The third kappa shape index (κ3) is 3.12. The van der Waals surface area contributed by atoms with Crippen LogP contribution >= 0.6 is 15.9 Å². The second-order valence-electron chi connectivity index (χ2n) is 4.19. The fraction of sp³-hybridized carbons (Fsp3) is 0.188. The van der Waals surface area contributed by atoms with Gasteiger partial charge in [0, 0.05) is 4.47 Å². The second kappa shape index (κ2) is 6.44. The van der Waals surface area contributed by atoms with Gasteiger partial charge in [0.2, 0.25) is 0 Å². The summed E-state index contributed by atoms with van der Waals surface area (Å²) in [6.07, 6.45) is 0.929. The topological polar surface area (TPSA) is 42.2 Å². The van der Waals surface area contributed by atoms with Gasteiger partial charge in [-0.2, -0.15) is 5.26 Å². The van der Waals surface area contributed by atoms with Gasteiger partial charge in [-0.15, -0.1) is 0 Å². The summed E-state index contributed by atoms with van der Waals surface area (Å²) >= 11 is 3.34. The minimum absolute atomic E-state index is 0.473. The van der Waals surface area contributed by atoms with E-state index in [0.29, 0.717) is 22.8 Å². The molecule has 3 nitrogen and oxygen atoms in total. The van der Waals surface area contributed by atoms with Crippen molar-refractivity contribution >= 4 is 15.9 Å². The maximum atomic E-state index is 9.15. The normalized spacial score (nSPS) is 9.90. The van der Waals surface area contributed by atoms with Gasteiger partial charge in [0.1, 0.15) is 11.8 Å². The molecule has 0 spiro atoms. The minimum atomic E-state index is 0.473. The Morgan fingerprint density at radius 2 is 1.85 bits per heavy atom. The number of aryl methyl sites for hydroxylation is 1. The lowest BCUT2D eigenvalue weighted by Gasteiger charge is -2.12. The molecule has 0 aliphatic carbocycles. The van der Waals surface area contributed by atoms with E-state index >= 15 is 0 Å². The van der Waals surface area contributed by atoms with Gasteiger partial charge in [0.15, 0.2) is 11.5 Å². The van der Waals surface area contributed by atoms with Crippen LogP contribution in [0.2, 0.25) is 0 Å².